The number of H-pyrrole nitrogens is 1. The number of imidazole rings is 1. The highest BCUT2D eigenvalue weighted by molar-refractivity contribution is 5.94. The molecule has 1 aromatic carbocycles. The minimum absolute atomic E-state index is 0.0459. The Balaban J connectivity index is 1.27. The van der Waals surface area contributed by atoms with Gasteiger partial charge in [0.15, 0.2) is 5.95 Å². The van der Waals surface area contributed by atoms with Gasteiger partial charge in [0.2, 0.25) is 0 Å². The number of aromatic nitrogens is 5. The highest BCUT2D eigenvalue weighted by Gasteiger charge is 2.06. The summed E-state index contributed by atoms with van der Waals surface area (Å²) in [7, 11) is 0. The molecule has 35 heavy (non-hydrogen) atoms. The van der Waals surface area contributed by atoms with E-state index in [2.05, 4.69) is 44.7 Å². The van der Waals surface area contributed by atoms with Crippen molar-refractivity contribution in [2.75, 3.05) is 12.3 Å². The Hall–Kier alpha value is -3.16. The molecule has 0 aliphatic heterocycles. The van der Waals surface area contributed by atoms with Crippen LogP contribution in [0.3, 0.4) is 0 Å². The molecule has 0 spiro atoms. The normalized spacial score (nSPS) is 11.1. The molecule has 0 bridgehead atoms. The molecule has 0 saturated heterocycles. The zero-order chi connectivity index (χ0) is 24.7. The molecule has 190 valence electrons. The number of rotatable bonds is 17. The van der Waals surface area contributed by atoms with E-state index < -0.39 is 0 Å². The van der Waals surface area contributed by atoms with Gasteiger partial charge in [0.05, 0.1) is 18.4 Å². The standard InChI is InChI=1S/C27H41N7O/c1-2-3-4-5-6-8-11-22-14-16-23(17-15-22)26(35)29-18-19-34-21-25(32-33-34)13-10-7-9-12-24-20-30-27(28)31-24/h14-17,20-21H,2-13,18-19H2,1H3,(H,29,35)(H3,28,30,31). The first-order valence-electron chi connectivity index (χ1n) is 13.2. The number of nitrogens with one attached hydrogen (secondary N) is 2. The van der Waals surface area contributed by atoms with E-state index in [1.165, 1.54) is 44.1 Å². The number of carbonyl (C=O) groups excluding carboxylic acids is 1. The molecule has 3 aromatic rings. The second-order valence-electron chi connectivity index (χ2n) is 9.30. The van der Waals surface area contributed by atoms with Crippen LogP contribution >= 0.6 is 0 Å². The van der Waals surface area contributed by atoms with E-state index in [1.54, 1.807) is 10.9 Å². The summed E-state index contributed by atoms with van der Waals surface area (Å²) in [5.74, 6) is 0.431. The van der Waals surface area contributed by atoms with Crippen molar-refractivity contribution >= 4 is 11.9 Å². The maximum Gasteiger partial charge on any atom is 0.251 e. The predicted octanol–water partition coefficient (Wildman–Crippen LogP) is 4.87. The van der Waals surface area contributed by atoms with Gasteiger partial charge in [-0.15, -0.1) is 5.10 Å². The number of carbonyl (C=O) groups is 1. The third kappa shape index (κ3) is 9.92. The van der Waals surface area contributed by atoms with Crippen LogP contribution in [-0.2, 0) is 25.8 Å². The topological polar surface area (TPSA) is 115 Å². The number of unbranched alkanes of at least 4 members (excludes halogenated alkanes) is 7. The molecule has 0 atom stereocenters. The fraction of sp³-hybridized carbons (Fsp3) is 0.556. The summed E-state index contributed by atoms with van der Waals surface area (Å²) in [5, 5.41) is 11.4. The number of nitrogens with zero attached hydrogens (tertiary/aromatic N) is 4. The van der Waals surface area contributed by atoms with Crippen molar-refractivity contribution in [3.05, 3.63) is 59.2 Å². The summed E-state index contributed by atoms with van der Waals surface area (Å²) in [6.45, 7) is 3.37. The first-order valence-corrected chi connectivity index (χ1v) is 13.2. The number of aryl methyl sites for hydroxylation is 3. The Labute approximate surface area is 209 Å². The summed E-state index contributed by atoms with van der Waals surface area (Å²) in [6.07, 6.45) is 17.8. The molecule has 0 radical (unpaired) electrons. The predicted molar refractivity (Wildman–Crippen MR) is 140 cm³/mol. The van der Waals surface area contributed by atoms with E-state index >= 15 is 0 Å². The molecule has 8 nitrogen and oxygen atoms in total. The molecule has 2 heterocycles. The van der Waals surface area contributed by atoms with Gasteiger partial charge in [0, 0.05) is 24.0 Å². The van der Waals surface area contributed by atoms with Gasteiger partial charge in [-0.1, -0.05) is 62.8 Å². The summed E-state index contributed by atoms with van der Waals surface area (Å²) < 4.78 is 1.80. The first kappa shape index (κ1) is 26.4. The van der Waals surface area contributed by atoms with E-state index in [1.807, 2.05) is 18.3 Å². The molecule has 0 saturated carbocycles. The van der Waals surface area contributed by atoms with Gasteiger partial charge >= 0.3 is 0 Å². The van der Waals surface area contributed by atoms with Gasteiger partial charge in [-0.3, -0.25) is 9.48 Å². The Morgan fingerprint density at radius 3 is 2.46 bits per heavy atom. The van der Waals surface area contributed by atoms with Crippen molar-refractivity contribution < 1.29 is 4.79 Å². The van der Waals surface area contributed by atoms with Gasteiger partial charge in [-0.25, -0.2) is 4.98 Å². The molecule has 0 aliphatic carbocycles. The summed E-state index contributed by atoms with van der Waals surface area (Å²) >= 11 is 0. The van der Waals surface area contributed by atoms with Crippen LogP contribution < -0.4 is 11.1 Å². The van der Waals surface area contributed by atoms with Gasteiger partial charge in [-0.05, 0) is 56.2 Å². The molecule has 0 aliphatic rings. The lowest BCUT2D eigenvalue weighted by atomic mass is 10.0. The SMILES string of the molecule is CCCCCCCCc1ccc(C(=O)NCCn2cc(CCCCCc3cnc(N)[nH]3)nn2)cc1. The summed E-state index contributed by atoms with van der Waals surface area (Å²) in [4.78, 5) is 19.5. The minimum Gasteiger partial charge on any atom is -0.369 e. The molecular weight excluding hydrogens is 438 g/mol. The van der Waals surface area contributed by atoms with Crippen molar-refractivity contribution in [1.29, 1.82) is 0 Å². The maximum atomic E-state index is 12.4. The zero-order valence-corrected chi connectivity index (χ0v) is 21.1. The third-order valence-corrected chi connectivity index (χ3v) is 6.27. The molecule has 3 rings (SSSR count). The average Bonchev–Trinajstić information content (AvgIpc) is 3.50. The monoisotopic (exact) mass is 479 g/mol. The van der Waals surface area contributed by atoms with Gasteiger partial charge in [0.1, 0.15) is 0 Å². The molecule has 4 N–H and O–H groups in total. The number of hydrogen-bond donors (Lipinski definition) is 3. The van der Waals surface area contributed by atoms with Crippen LogP contribution in [0.5, 0.6) is 0 Å². The lowest BCUT2D eigenvalue weighted by Crippen LogP contribution is -2.27. The maximum absolute atomic E-state index is 12.4. The van der Waals surface area contributed by atoms with Crippen LogP contribution in [0.1, 0.15) is 92.0 Å². The van der Waals surface area contributed by atoms with Crippen LogP contribution in [0.4, 0.5) is 5.95 Å². The van der Waals surface area contributed by atoms with E-state index in [9.17, 15) is 4.79 Å². The second kappa shape index (κ2) is 15.0. The number of aromatic amines is 1. The van der Waals surface area contributed by atoms with Crippen LogP contribution in [0.2, 0.25) is 0 Å². The third-order valence-electron chi connectivity index (χ3n) is 6.27. The molecule has 8 heteroatoms. The molecule has 0 unspecified atom stereocenters. The highest BCUT2D eigenvalue weighted by Crippen LogP contribution is 2.12. The number of benzene rings is 1. The van der Waals surface area contributed by atoms with Crippen molar-refractivity contribution in [3.63, 3.8) is 0 Å². The van der Waals surface area contributed by atoms with Crippen molar-refractivity contribution in [1.82, 2.24) is 30.3 Å². The van der Waals surface area contributed by atoms with Crippen molar-refractivity contribution in [3.8, 4) is 0 Å². The number of anilines is 1. The number of amides is 1. The highest BCUT2D eigenvalue weighted by atomic mass is 16.1. The van der Waals surface area contributed by atoms with E-state index in [-0.39, 0.29) is 5.91 Å². The van der Waals surface area contributed by atoms with Gasteiger partial charge in [0.25, 0.3) is 5.91 Å². The Morgan fingerprint density at radius 2 is 1.69 bits per heavy atom. The van der Waals surface area contributed by atoms with Crippen LogP contribution in [0.15, 0.2) is 36.7 Å². The van der Waals surface area contributed by atoms with Gasteiger partial charge < -0.3 is 16.0 Å². The van der Waals surface area contributed by atoms with E-state index in [4.69, 9.17) is 5.73 Å². The summed E-state index contributed by atoms with van der Waals surface area (Å²) in [5.41, 5.74) is 9.67. The quantitative estimate of drug-likeness (QED) is 0.239. The van der Waals surface area contributed by atoms with Crippen molar-refractivity contribution in [2.45, 2.75) is 90.5 Å². The summed E-state index contributed by atoms with van der Waals surface area (Å²) in [6, 6.07) is 8.01. The van der Waals surface area contributed by atoms with Crippen LogP contribution in [0, 0.1) is 0 Å². The van der Waals surface area contributed by atoms with Crippen LogP contribution in [-0.4, -0.2) is 37.4 Å². The number of hydrogen-bond acceptors (Lipinski definition) is 5. The molecule has 0 fully saturated rings. The van der Waals surface area contributed by atoms with E-state index in [0.717, 1.165) is 49.9 Å². The Morgan fingerprint density at radius 1 is 0.971 bits per heavy atom. The molecular formula is C27H41N7O. The Bertz CT molecular complexity index is 993. The fourth-order valence-electron chi connectivity index (χ4n) is 4.18. The van der Waals surface area contributed by atoms with Gasteiger partial charge in [-0.2, -0.15) is 0 Å². The Kier molecular flexibility index (Phi) is 11.3. The number of nitrogens with two attached hydrogens (primary N) is 1. The zero-order valence-electron chi connectivity index (χ0n) is 21.1. The van der Waals surface area contributed by atoms with Crippen LogP contribution in [0.25, 0.3) is 0 Å². The largest absolute Gasteiger partial charge is 0.369 e. The lowest BCUT2D eigenvalue weighted by Gasteiger charge is -2.07. The first-order chi connectivity index (χ1) is 17.1. The smallest absolute Gasteiger partial charge is 0.251 e. The average molecular weight is 480 g/mol. The fourth-order valence-corrected chi connectivity index (χ4v) is 4.18. The molecule has 2 aromatic heterocycles. The second-order valence-corrected chi connectivity index (χ2v) is 9.30. The van der Waals surface area contributed by atoms with E-state index in [0.29, 0.717) is 24.6 Å². The minimum atomic E-state index is -0.0459. The number of nitrogen functional groups attached to an aromatic ring is 1. The lowest BCUT2D eigenvalue weighted by molar-refractivity contribution is 0.0952. The molecule has 1 amide bonds. The van der Waals surface area contributed by atoms with Crippen molar-refractivity contribution in [2.24, 2.45) is 0 Å².